The molecule has 0 unspecified atom stereocenters. The zero-order valence-electron chi connectivity index (χ0n) is 16.1. The minimum Gasteiger partial charge on any atom is -0.497 e. The van der Waals surface area contributed by atoms with Gasteiger partial charge in [-0.3, -0.25) is 4.79 Å². The average Bonchev–Trinajstić information content (AvgIpc) is 3.20. The van der Waals surface area contributed by atoms with Crippen LogP contribution in [0.4, 0.5) is 0 Å². The van der Waals surface area contributed by atoms with E-state index in [0.717, 1.165) is 5.56 Å². The molecule has 0 bridgehead atoms. The highest BCUT2D eigenvalue weighted by molar-refractivity contribution is 6.30. The highest BCUT2D eigenvalue weighted by atomic mass is 35.5. The summed E-state index contributed by atoms with van der Waals surface area (Å²) < 4.78 is 12.5. The number of amides is 1. The molecule has 2 heterocycles. The molecule has 0 aliphatic carbocycles. The lowest BCUT2D eigenvalue weighted by Crippen LogP contribution is -2.28. The van der Waals surface area contributed by atoms with Crippen molar-refractivity contribution in [2.45, 2.75) is 0 Å². The minimum absolute atomic E-state index is 0.219. The monoisotopic (exact) mass is 423 g/mol. The molecule has 0 saturated heterocycles. The number of methoxy groups -OCH3 is 1. The number of ether oxygens (including phenoxy) is 2. The van der Waals surface area contributed by atoms with Crippen molar-refractivity contribution in [3.8, 4) is 23.0 Å². The molecule has 1 amide bonds. The van der Waals surface area contributed by atoms with Crippen LogP contribution in [0.5, 0.6) is 11.6 Å². The van der Waals surface area contributed by atoms with Gasteiger partial charge in [-0.15, -0.1) is 15.3 Å². The first-order valence-corrected chi connectivity index (χ1v) is 9.55. The summed E-state index contributed by atoms with van der Waals surface area (Å²) in [6.45, 7) is 0.567. The van der Waals surface area contributed by atoms with E-state index < -0.39 is 0 Å². The van der Waals surface area contributed by atoms with Gasteiger partial charge in [0.05, 0.1) is 13.7 Å². The summed E-state index contributed by atoms with van der Waals surface area (Å²) in [5.74, 6) is 1.46. The van der Waals surface area contributed by atoms with Crippen molar-refractivity contribution in [1.29, 1.82) is 0 Å². The van der Waals surface area contributed by atoms with Gasteiger partial charge in [-0.2, -0.15) is 4.52 Å². The van der Waals surface area contributed by atoms with E-state index in [1.807, 2.05) is 24.3 Å². The summed E-state index contributed by atoms with van der Waals surface area (Å²) in [5, 5.41) is 16.1. The fourth-order valence-electron chi connectivity index (χ4n) is 2.84. The highest BCUT2D eigenvalue weighted by Crippen LogP contribution is 2.23. The normalized spacial score (nSPS) is 10.7. The van der Waals surface area contributed by atoms with Gasteiger partial charge in [0, 0.05) is 22.2 Å². The van der Waals surface area contributed by atoms with Crippen LogP contribution < -0.4 is 14.8 Å². The van der Waals surface area contributed by atoms with Gasteiger partial charge in [0.15, 0.2) is 11.5 Å². The lowest BCUT2D eigenvalue weighted by molar-refractivity contribution is 0.0946. The van der Waals surface area contributed by atoms with Crippen LogP contribution in [0.1, 0.15) is 10.4 Å². The summed E-state index contributed by atoms with van der Waals surface area (Å²) >= 11 is 5.91. The third kappa shape index (κ3) is 4.33. The summed E-state index contributed by atoms with van der Waals surface area (Å²) in [7, 11) is 1.61. The highest BCUT2D eigenvalue weighted by Gasteiger charge is 2.11. The zero-order chi connectivity index (χ0) is 20.9. The van der Waals surface area contributed by atoms with Crippen molar-refractivity contribution >= 4 is 23.2 Å². The molecule has 0 aliphatic rings. The smallest absolute Gasteiger partial charge is 0.251 e. The van der Waals surface area contributed by atoms with Crippen molar-refractivity contribution in [2.75, 3.05) is 20.3 Å². The number of carbonyl (C=O) groups excluding carboxylic acids is 1. The number of hydrogen-bond acceptors (Lipinski definition) is 6. The molecule has 9 heteroatoms. The van der Waals surface area contributed by atoms with Gasteiger partial charge in [-0.1, -0.05) is 29.8 Å². The predicted molar refractivity (Wildman–Crippen MR) is 112 cm³/mol. The van der Waals surface area contributed by atoms with Crippen molar-refractivity contribution < 1.29 is 14.3 Å². The molecule has 0 fully saturated rings. The predicted octanol–water partition coefficient (Wildman–Crippen LogP) is 3.26. The lowest BCUT2D eigenvalue weighted by Gasteiger charge is -2.08. The van der Waals surface area contributed by atoms with Crippen molar-refractivity contribution in [3.05, 3.63) is 71.2 Å². The number of nitrogens with one attached hydrogen (secondary N) is 1. The lowest BCUT2D eigenvalue weighted by atomic mass is 10.2. The van der Waals surface area contributed by atoms with Gasteiger partial charge in [-0.25, -0.2) is 0 Å². The molecule has 0 atom stereocenters. The fourth-order valence-corrected chi connectivity index (χ4v) is 3.03. The summed E-state index contributed by atoms with van der Waals surface area (Å²) in [4.78, 5) is 12.1. The second-order valence-electron chi connectivity index (χ2n) is 6.31. The number of rotatable bonds is 7. The average molecular weight is 424 g/mol. The molecule has 0 spiro atoms. The third-order valence-corrected chi connectivity index (χ3v) is 4.53. The summed E-state index contributed by atoms with van der Waals surface area (Å²) in [6, 6.07) is 17.7. The molecule has 2 aromatic heterocycles. The molecule has 0 radical (unpaired) electrons. The number of nitrogens with zero attached hydrogens (tertiary/aromatic N) is 4. The topological polar surface area (TPSA) is 90.6 Å². The Kier molecular flexibility index (Phi) is 5.76. The Balaban J connectivity index is 1.42. The van der Waals surface area contributed by atoms with Crippen LogP contribution in [0.15, 0.2) is 60.7 Å². The van der Waals surface area contributed by atoms with Crippen LogP contribution in [-0.4, -0.2) is 46.0 Å². The maximum atomic E-state index is 12.1. The van der Waals surface area contributed by atoms with Gasteiger partial charge in [-0.05, 0) is 36.4 Å². The maximum Gasteiger partial charge on any atom is 0.251 e. The molecule has 4 aromatic rings. The first kappa shape index (κ1) is 19.7. The second kappa shape index (κ2) is 8.79. The van der Waals surface area contributed by atoms with E-state index in [1.165, 1.54) is 0 Å². The zero-order valence-corrected chi connectivity index (χ0v) is 16.8. The standard InChI is InChI=1S/C21H18ClN5O3/c1-29-17-7-3-4-14(13-17)20-25-24-18-8-9-19(26-27(18)20)30-11-10-23-21(28)15-5-2-6-16(22)12-15/h2-9,12-13H,10-11H2,1H3,(H,23,28). The molecule has 0 saturated carbocycles. The van der Waals surface area contributed by atoms with E-state index in [4.69, 9.17) is 21.1 Å². The van der Waals surface area contributed by atoms with E-state index in [2.05, 4.69) is 20.6 Å². The molecule has 30 heavy (non-hydrogen) atoms. The van der Waals surface area contributed by atoms with Crippen LogP contribution >= 0.6 is 11.6 Å². The van der Waals surface area contributed by atoms with E-state index >= 15 is 0 Å². The van der Waals surface area contributed by atoms with Crippen LogP contribution in [0.2, 0.25) is 5.02 Å². The second-order valence-corrected chi connectivity index (χ2v) is 6.75. The molecular formula is C21H18ClN5O3. The number of halogens is 1. The Labute approximate surface area is 177 Å². The number of hydrogen-bond donors (Lipinski definition) is 1. The van der Waals surface area contributed by atoms with Crippen molar-refractivity contribution in [2.24, 2.45) is 0 Å². The third-order valence-electron chi connectivity index (χ3n) is 4.29. The van der Waals surface area contributed by atoms with E-state index in [1.54, 1.807) is 48.0 Å². The Morgan fingerprint density at radius 3 is 2.80 bits per heavy atom. The van der Waals surface area contributed by atoms with E-state index in [-0.39, 0.29) is 12.5 Å². The molecule has 4 rings (SSSR count). The Bertz CT molecular complexity index is 1190. The van der Waals surface area contributed by atoms with Gasteiger partial charge < -0.3 is 14.8 Å². The first-order valence-electron chi connectivity index (χ1n) is 9.17. The largest absolute Gasteiger partial charge is 0.497 e. The Hall–Kier alpha value is -3.65. The number of carbonyl (C=O) groups is 1. The van der Waals surface area contributed by atoms with Crippen molar-refractivity contribution in [1.82, 2.24) is 25.1 Å². The SMILES string of the molecule is COc1cccc(-c2nnc3ccc(OCCNC(=O)c4cccc(Cl)c4)nn23)c1. The summed E-state index contributed by atoms with van der Waals surface area (Å²) in [5.41, 5.74) is 1.91. The van der Waals surface area contributed by atoms with Gasteiger partial charge in [0.2, 0.25) is 5.88 Å². The molecule has 1 N–H and O–H groups in total. The molecular weight excluding hydrogens is 406 g/mol. The Morgan fingerprint density at radius 2 is 1.97 bits per heavy atom. The van der Waals surface area contributed by atoms with Crippen LogP contribution in [0, 0.1) is 0 Å². The molecule has 152 valence electrons. The number of fused-ring (bicyclic) bond motifs is 1. The van der Waals surface area contributed by atoms with Gasteiger partial charge in [0.25, 0.3) is 5.91 Å². The quantitative estimate of drug-likeness (QED) is 0.459. The fraction of sp³-hybridized carbons (Fsp3) is 0.143. The molecule has 0 aliphatic heterocycles. The van der Waals surface area contributed by atoms with E-state index in [9.17, 15) is 4.79 Å². The van der Waals surface area contributed by atoms with Crippen LogP contribution in [0.3, 0.4) is 0 Å². The molecule has 8 nitrogen and oxygen atoms in total. The maximum absolute atomic E-state index is 12.1. The van der Waals surface area contributed by atoms with E-state index in [0.29, 0.717) is 40.2 Å². The number of aromatic nitrogens is 4. The van der Waals surface area contributed by atoms with Crippen molar-refractivity contribution in [3.63, 3.8) is 0 Å². The number of benzene rings is 2. The van der Waals surface area contributed by atoms with Gasteiger partial charge >= 0.3 is 0 Å². The van der Waals surface area contributed by atoms with Crippen LogP contribution in [0.25, 0.3) is 17.0 Å². The van der Waals surface area contributed by atoms with Gasteiger partial charge in [0.1, 0.15) is 12.4 Å². The molecule has 2 aromatic carbocycles. The Morgan fingerprint density at radius 1 is 1.10 bits per heavy atom. The summed E-state index contributed by atoms with van der Waals surface area (Å²) in [6.07, 6.45) is 0. The first-order chi connectivity index (χ1) is 14.6. The van der Waals surface area contributed by atoms with Crippen LogP contribution in [-0.2, 0) is 0 Å². The minimum atomic E-state index is -0.219.